The predicted molar refractivity (Wildman–Crippen MR) is 245 cm³/mol. The van der Waals surface area contributed by atoms with Gasteiger partial charge in [-0.15, -0.1) is 11.3 Å². The first-order valence-electron chi connectivity index (χ1n) is 19.5. The summed E-state index contributed by atoms with van der Waals surface area (Å²) >= 11 is 1.83. The second kappa shape index (κ2) is 14.0. The molecule has 0 radical (unpaired) electrons. The van der Waals surface area contributed by atoms with Crippen molar-refractivity contribution in [3.05, 3.63) is 218 Å². The number of hydrogen-bond donors (Lipinski definition) is 0. The molecule has 58 heavy (non-hydrogen) atoms. The normalized spacial score (nSPS) is 11.5. The van der Waals surface area contributed by atoms with Crippen molar-refractivity contribution in [1.29, 1.82) is 0 Å². The van der Waals surface area contributed by atoms with E-state index in [1.165, 1.54) is 20.2 Å². The summed E-state index contributed by atoms with van der Waals surface area (Å²) in [5.41, 5.74) is 13.0. The first kappa shape index (κ1) is 34.0. The number of para-hydroxylation sites is 2. The summed E-state index contributed by atoms with van der Waals surface area (Å²) in [5, 5.41) is 4.75. The molecule has 2 aromatic heterocycles. The van der Waals surface area contributed by atoms with Crippen LogP contribution < -0.4 is 4.90 Å². The van der Waals surface area contributed by atoms with Gasteiger partial charge in [0.05, 0.1) is 28.1 Å². The Morgan fingerprint density at radius 3 is 1.88 bits per heavy atom. The number of anilines is 3. The lowest BCUT2D eigenvalue weighted by molar-refractivity contribution is 0.628. The fourth-order valence-electron chi connectivity index (χ4n) is 8.69. The van der Waals surface area contributed by atoms with Crippen LogP contribution in [0.25, 0.3) is 81.0 Å². The van der Waals surface area contributed by atoms with Gasteiger partial charge in [0, 0.05) is 53.3 Å². The summed E-state index contributed by atoms with van der Waals surface area (Å²) in [4.78, 5) is 2.34. The molecule has 0 aliphatic heterocycles. The van der Waals surface area contributed by atoms with Gasteiger partial charge in [-0.05, 0) is 77.4 Å². The van der Waals surface area contributed by atoms with Crippen molar-refractivity contribution in [3.63, 3.8) is 0 Å². The summed E-state index contributed by atoms with van der Waals surface area (Å²) in [7, 11) is 0. The van der Waals surface area contributed by atoms with E-state index >= 15 is 0 Å². The van der Waals surface area contributed by atoms with Crippen molar-refractivity contribution in [2.45, 2.75) is 0 Å². The Morgan fingerprint density at radius 1 is 0.414 bits per heavy atom. The lowest BCUT2D eigenvalue weighted by Crippen LogP contribution is -2.12. The maximum atomic E-state index is 14.9. The topological polar surface area (TPSA) is 8.17 Å². The van der Waals surface area contributed by atoms with Gasteiger partial charge in [-0.25, -0.2) is 4.39 Å². The van der Waals surface area contributed by atoms with Crippen LogP contribution in [-0.4, -0.2) is 4.57 Å². The number of aromatic nitrogens is 1. The van der Waals surface area contributed by atoms with Crippen molar-refractivity contribution in [1.82, 2.24) is 4.57 Å². The fourth-order valence-corrected chi connectivity index (χ4v) is 9.92. The van der Waals surface area contributed by atoms with Crippen LogP contribution >= 0.6 is 11.3 Å². The van der Waals surface area contributed by atoms with Crippen LogP contribution in [0.3, 0.4) is 0 Å². The summed E-state index contributed by atoms with van der Waals surface area (Å²) < 4.78 is 19.8. The molecule has 0 spiro atoms. The van der Waals surface area contributed by atoms with E-state index in [2.05, 4.69) is 198 Å². The molecule has 9 aromatic carbocycles. The highest BCUT2D eigenvalue weighted by atomic mass is 32.1. The zero-order valence-electron chi connectivity index (χ0n) is 31.4. The highest BCUT2D eigenvalue weighted by Crippen LogP contribution is 2.50. The molecule has 0 amide bonds. The highest BCUT2D eigenvalue weighted by Gasteiger charge is 2.25. The molecule has 11 rings (SSSR count). The molecule has 0 bridgehead atoms. The second-order valence-corrected chi connectivity index (χ2v) is 15.6. The number of benzene rings is 9. The Hall–Kier alpha value is -7.27. The number of halogens is 1. The monoisotopic (exact) mass is 762 g/mol. The summed E-state index contributed by atoms with van der Waals surface area (Å²) in [6.45, 7) is 0. The van der Waals surface area contributed by atoms with Gasteiger partial charge in [0.1, 0.15) is 5.82 Å². The van der Waals surface area contributed by atoms with E-state index in [1.807, 2.05) is 23.5 Å². The van der Waals surface area contributed by atoms with E-state index in [9.17, 15) is 4.39 Å². The van der Waals surface area contributed by atoms with Gasteiger partial charge in [0.15, 0.2) is 0 Å². The molecule has 11 aromatic rings. The van der Waals surface area contributed by atoms with Crippen molar-refractivity contribution < 1.29 is 4.39 Å². The quantitative estimate of drug-likeness (QED) is 0.157. The van der Waals surface area contributed by atoms with Crippen LogP contribution in [0.15, 0.2) is 212 Å². The Morgan fingerprint density at radius 2 is 1.05 bits per heavy atom. The van der Waals surface area contributed by atoms with Gasteiger partial charge in [-0.1, -0.05) is 152 Å². The second-order valence-electron chi connectivity index (χ2n) is 14.6. The van der Waals surface area contributed by atoms with E-state index in [1.54, 1.807) is 12.1 Å². The average molecular weight is 763 g/mol. The zero-order chi connectivity index (χ0) is 38.6. The maximum absolute atomic E-state index is 14.9. The molecule has 2 nitrogen and oxygen atoms in total. The lowest BCUT2D eigenvalue weighted by Gasteiger charge is -2.29. The molecular weight excluding hydrogens is 728 g/mol. The molecule has 4 heteroatoms. The first-order chi connectivity index (χ1) is 28.7. The Kier molecular flexibility index (Phi) is 8.23. The van der Waals surface area contributed by atoms with E-state index in [0.717, 1.165) is 77.9 Å². The molecule has 274 valence electrons. The van der Waals surface area contributed by atoms with Crippen LogP contribution in [0, 0.1) is 5.82 Å². The minimum Gasteiger partial charge on any atom is -0.309 e. The van der Waals surface area contributed by atoms with Crippen LogP contribution in [0.1, 0.15) is 0 Å². The molecule has 0 saturated heterocycles. The van der Waals surface area contributed by atoms with E-state index in [-0.39, 0.29) is 5.82 Å². The summed E-state index contributed by atoms with van der Waals surface area (Å²) in [6.07, 6.45) is 0. The van der Waals surface area contributed by atoms with Crippen molar-refractivity contribution >= 4 is 70.4 Å². The molecule has 0 aliphatic rings. The van der Waals surface area contributed by atoms with E-state index in [4.69, 9.17) is 0 Å². The number of fused-ring (bicyclic) bond motifs is 6. The standard InChI is InChI=1S/C54H35FN2S/c55-39-30-32-40(33-31-39)56(49-26-14-27-50-53(49)46-21-8-11-25-48(46)57(50)47-24-10-7-19-41(47)37-17-5-2-6-18-37)51-35-38(36-15-3-1-4-16-36)29-34-42(51)44-22-13-23-45-43-20-9-12-28-52(43)58-54(44)45/h1-35H. The molecule has 2 heterocycles. The van der Waals surface area contributed by atoms with Crippen LogP contribution in [-0.2, 0) is 0 Å². The smallest absolute Gasteiger partial charge is 0.123 e. The van der Waals surface area contributed by atoms with Gasteiger partial charge >= 0.3 is 0 Å². The third kappa shape index (κ3) is 5.61. The molecule has 0 fully saturated rings. The number of rotatable bonds is 7. The molecule has 0 saturated carbocycles. The summed E-state index contributed by atoms with van der Waals surface area (Å²) in [5.74, 6) is -0.274. The third-order valence-corrected chi connectivity index (χ3v) is 12.5. The van der Waals surface area contributed by atoms with Gasteiger partial charge in [-0.3, -0.25) is 0 Å². The lowest BCUT2D eigenvalue weighted by atomic mass is 9.95. The number of hydrogen-bond acceptors (Lipinski definition) is 2. The van der Waals surface area contributed by atoms with Crippen molar-refractivity contribution in [2.75, 3.05) is 4.90 Å². The van der Waals surface area contributed by atoms with Crippen LogP contribution in [0.5, 0.6) is 0 Å². The molecule has 0 atom stereocenters. The Bertz CT molecular complexity index is 3290. The van der Waals surface area contributed by atoms with Crippen LogP contribution in [0.4, 0.5) is 21.5 Å². The zero-order valence-corrected chi connectivity index (χ0v) is 32.2. The van der Waals surface area contributed by atoms with Gasteiger partial charge in [-0.2, -0.15) is 0 Å². The minimum absolute atomic E-state index is 0.274. The van der Waals surface area contributed by atoms with Crippen LogP contribution in [0.2, 0.25) is 0 Å². The van der Waals surface area contributed by atoms with Gasteiger partial charge in [0.25, 0.3) is 0 Å². The molecular formula is C54H35FN2S. The van der Waals surface area contributed by atoms with E-state index in [0.29, 0.717) is 0 Å². The molecule has 0 unspecified atom stereocenters. The minimum atomic E-state index is -0.274. The largest absolute Gasteiger partial charge is 0.309 e. The van der Waals surface area contributed by atoms with Crippen molar-refractivity contribution in [2.24, 2.45) is 0 Å². The summed E-state index contributed by atoms with van der Waals surface area (Å²) in [6, 6.07) is 74.1. The highest BCUT2D eigenvalue weighted by molar-refractivity contribution is 7.26. The third-order valence-electron chi connectivity index (χ3n) is 11.3. The Balaban J connectivity index is 1.24. The molecule has 0 N–H and O–H groups in total. The Labute approximate surface area is 339 Å². The van der Waals surface area contributed by atoms with Crippen molar-refractivity contribution in [3.8, 4) is 39.1 Å². The van der Waals surface area contributed by atoms with Gasteiger partial charge in [0.2, 0.25) is 0 Å². The SMILES string of the molecule is Fc1ccc(N(c2cc(-c3ccccc3)ccc2-c2cccc3c2sc2ccccc23)c2cccc3c2c2ccccc2n3-c2ccccc2-c2ccccc2)cc1. The van der Waals surface area contributed by atoms with E-state index < -0.39 is 0 Å². The molecule has 0 aliphatic carbocycles. The predicted octanol–water partition coefficient (Wildman–Crippen LogP) is 15.8. The fraction of sp³-hybridized carbons (Fsp3) is 0. The maximum Gasteiger partial charge on any atom is 0.123 e. The first-order valence-corrected chi connectivity index (χ1v) is 20.4. The number of nitrogens with zero attached hydrogens (tertiary/aromatic N) is 2. The number of thiophene rings is 1. The van der Waals surface area contributed by atoms with Gasteiger partial charge < -0.3 is 9.47 Å². The average Bonchev–Trinajstić information content (AvgIpc) is 3.84.